The van der Waals surface area contributed by atoms with Crippen molar-refractivity contribution in [2.75, 3.05) is 0 Å². The van der Waals surface area contributed by atoms with Gasteiger partial charge in [0, 0.05) is 6.42 Å². The van der Waals surface area contributed by atoms with Gasteiger partial charge in [-0.3, -0.25) is 0 Å². The maximum atomic E-state index is 6.52. The third-order valence-corrected chi connectivity index (χ3v) is 4.91. The summed E-state index contributed by atoms with van der Waals surface area (Å²) in [4.78, 5) is 4.59. The van der Waals surface area contributed by atoms with Crippen LogP contribution >= 0.6 is 0 Å². The number of aromatic nitrogens is 2. The highest BCUT2D eigenvalue weighted by atomic mass is 16.5. The van der Waals surface area contributed by atoms with E-state index in [4.69, 9.17) is 10.3 Å². The van der Waals surface area contributed by atoms with E-state index in [2.05, 4.69) is 44.8 Å². The summed E-state index contributed by atoms with van der Waals surface area (Å²) >= 11 is 0. The summed E-state index contributed by atoms with van der Waals surface area (Å²) in [6.07, 6.45) is 5.15. The van der Waals surface area contributed by atoms with Crippen molar-refractivity contribution >= 4 is 0 Å². The minimum atomic E-state index is -0.385. The second-order valence-corrected chi connectivity index (χ2v) is 7.84. The Morgan fingerprint density at radius 2 is 2.15 bits per heavy atom. The van der Waals surface area contributed by atoms with Gasteiger partial charge in [-0.1, -0.05) is 52.6 Å². The molecule has 1 aliphatic carbocycles. The van der Waals surface area contributed by atoms with Gasteiger partial charge in [0.1, 0.15) is 0 Å². The van der Waals surface area contributed by atoms with Gasteiger partial charge < -0.3 is 10.3 Å². The third-order valence-electron chi connectivity index (χ3n) is 4.91. The molecule has 0 spiro atoms. The third kappa shape index (κ3) is 3.40. The van der Waals surface area contributed by atoms with E-state index < -0.39 is 0 Å². The maximum absolute atomic E-state index is 6.52. The number of rotatable bonds is 3. The van der Waals surface area contributed by atoms with Gasteiger partial charge in [-0.25, -0.2) is 0 Å². The van der Waals surface area contributed by atoms with Crippen LogP contribution in [0.1, 0.15) is 72.0 Å². The SMILES string of the molecule is CC1CCCC(N)(c2noc(CC(C)C(C)(C)C)n2)C1. The Bertz CT molecular complexity index is 449. The predicted octanol–water partition coefficient (Wildman–Crippen LogP) is 3.66. The standard InChI is InChI=1S/C16H29N3O/c1-11-7-6-8-16(17,10-11)14-18-13(20-19-14)9-12(2)15(3,4)5/h11-12H,6-10,17H2,1-5H3. The molecule has 2 rings (SSSR count). The van der Waals surface area contributed by atoms with Crippen LogP contribution in [0.3, 0.4) is 0 Å². The fourth-order valence-corrected chi connectivity index (χ4v) is 2.90. The summed E-state index contributed by atoms with van der Waals surface area (Å²) in [5.41, 5.74) is 6.38. The molecule has 3 atom stereocenters. The Balaban J connectivity index is 2.09. The normalized spacial score (nSPS) is 29.4. The van der Waals surface area contributed by atoms with Crippen LogP contribution in [0.4, 0.5) is 0 Å². The van der Waals surface area contributed by atoms with Crippen LogP contribution < -0.4 is 5.73 Å². The van der Waals surface area contributed by atoms with Crippen molar-refractivity contribution in [3.05, 3.63) is 11.7 Å². The van der Waals surface area contributed by atoms with E-state index >= 15 is 0 Å². The first-order valence-corrected chi connectivity index (χ1v) is 7.82. The van der Waals surface area contributed by atoms with E-state index in [0.717, 1.165) is 31.6 Å². The molecule has 2 N–H and O–H groups in total. The fourth-order valence-electron chi connectivity index (χ4n) is 2.90. The lowest BCUT2D eigenvalue weighted by Crippen LogP contribution is -2.42. The first-order valence-electron chi connectivity index (χ1n) is 7.82. The molecule has 4 heteroatoms. The second kappa shape index (κ2) is 5.47. The van der Waals surface area contributed by atoms with E-state index in [-0.39, 0.29) is 11.0 Å². The summed E-state index contributed by atoms with van der Waals surface area (Å²) < 4.78 is 5.44. The van der Waals surface area contributed by atoms with Crippen molar-refractivity contribution < 1.29 is 4.52 Å². The van der Waals surface area contributed by atoms with Crippen LogP contribution in [0.2, 0.25) is 0 Å². The Morgan fingerprint density at radius 3 is 2.75 bits per heavy atom. The minimum absolute atomic E-state index is 0.244. The molecule has 0 amide bonds. The van der Waals surface area contributed by atoms with Crippen molar-refractivity contribution in [1.29, 1.82) is 0 Å². The van der Waals surface area contributed by atoms with Gasteiger partial charge in [0.15, 0.2) is 5.82 Å². The molecule has 20 heavy (non-hydrogen) atoms. The molecule has 0 radical (unpaired) electrons. The van der Waals surface area contributed by atoms with Crippen molar-refractivity contribution in [2.24, 2.45) is 23.0 Å². The summed E-state index contributed by atoms with van der Waals surface area (Å²) in [5, 5.41) is 4.17. The van der Waals surface area contributed by atoms with Crippen LogP contribution in [-0.4, -0.2) is 10.1 Å². The number of hydrogen-bond acceptors (Lipinski definition) is 4. The highest BCUT2D eigenvalue weighted by molar-refractivity contribution is 5.06. The number of hydrogen-bond donors (Lipinski definition) is 1. The van der Waals surface area contributed by atoms with Gasteiger partial charge >= 0.3 is 0 Å². The Hall–Kier alpha value is -0.900. The zero-order valence-electron chi connectivity index (χ0n) is 13.6. The largest absolute Gasteiger partial charge is 0.339 e. The van der Waals surface area contributed by atoms with Crippen LogP contribution in [-0.2, 0) is 12.0 Å². The van der Waals surface area contributed by atoms with E-state index in [9.17, 15) is 0 Å². The second-order valence-electron chi connectivity index (χ2n) is 7.84. The van der Waals surface area contributed by atoms with Crippen molar-refractivity contribution in [3.8, 4) is 0 Å². The molecule has 0 saturated heterocycles. The molecular formula is C16H29N3O. The zero-order chi connectivity index (χ0) is 15.0. The molecule has 1 aromatic heterocycles. The molecular weight excluding hydrogens is 250 g/mol. The van der Waals surface area contributed by atoms with E-state index in [1.165, 1.54) is 6.42 Å². The van der Waals surface area contributed by atoms with Crippen LogP contribution in [0, 0.1) is 17.3 Å². The van der Waals surface area contributed by atoms with Gasteiger partial charge in [-0.15, -0.1) is 0 Å². The average molecular weight is 279 g/mol. The lowest BCUT2D eigenvalue weighted by Gasteiger charge is -2.33. The van der Waals surface area contributed by atoms with Crippen molar-refractivity contribution in [2.45, 2.75) is 72.3 Å². The molecule has 1 saturated carbocycles. The molecule has 1 aromatic rings. The topological polar surface area (TPSA) is 64.9 Å². The summed E-state index contributed by atoms with van der Waals surface area (Å²) in [6.45, 7) is 11.2. The number of nitrogens with two attached hydrogens (primary N) is 1. The Kier molecular flexibility index (Phi) is 4.24. The van der Waals surface area contributed by atoms with Crippen molar-refractivity contribution in [3.63, 3.8) is 0 Å². The van der Waals surface area contributed by atoms with E-state index in [0.29, 0.717) is 17.7 Å². The van der Waals surface area contributed by atoms with E-state index in [1.807, 2.05) is 0 Å². The molecule has 1 fully saturated rings. The molecule has 4 nitrogen and oxygen atoms in total. The Labute approximate surface area is 122 Å². The zero-order valence-corrected chi connectivity index (χ0v) is 13.6. The number of nitrogens with zero attached hydrogens (tertiary/aromatic N) is 2. The summed E-state index contributed by atoms with van der Waals surface area (Å²) in [5.74, 6) is 2.57. The van der Waals surface area contributed by atoms with E-state index in [1.54, 1.807) is 0 Å². The van der Waals surface area contributed by atoms with Gasteiger partial charge in [0.2, 0.25) is 5.89 Å². The molecule has 1 aliphatic rings. The Morgan fingerprint density at radius 1 is 1.45 bits per heavy atom. The first-order chi connectivity index (χ1) is 9.21. The summed E-state index contributed by atoms with van der Waals surface area (Å²) in [6, 6.07) is 0. The monoisotopic (exact) mass is 279 g/mol. The predicted molar refractivity (Wildman–Crippen MR) is 80.1 cm³/mol. The molecule has 0 aliphatic heterocycles. The smallest absolute Gasteiger partial charge is 0.227 e. The lowest BCUT2D eigenvalue weighted by atomic mass is 9.76. The lowest BCUT2D eigenvalue weighted by molar-refractivity contribution is 0.219. The van der Waals surface area contributed by atoms with Crippen LogP contribution in [0.25, 0.3) is 0 Å². The van der Waals surface area contributed by atoms with Crippen LogP contribution in [0.15, 0.2) is 4.52 Å². The van der Waals surface area contributed by atoms with Gasteiger partial charge in [-0.2, -0.15) is 4.98 Å². The average Bonchev–Trinajstić information content (AvgIpc) is 2.76. The van der Waals surface area contributed by atoms with Crippen molar-refractivity contribution in [1.82, 2.24) is 10.1 Å². The van der Waals surface area contributed by atoms with Gasteiger partial charge in [-0.05, 0) is 30.1 Å². The van der Waals surface area contributed by atoms with Crippen LogP contribution in [0.5, 0.6) is 0 Å². The summed E-state index contributed by atoms with van der Waals surface area (Å²) in [7, 11) is 0. The molecule has 3 unspecified atom stereocenters. The molecule has 0 bridgehead atoms. The minimum Gasteiger partial charge on any atom is -0.339 e. The first kappa shape index (κ1) is 15.5. The van der Waals surface area contributed by atoms with Gasteiger partial charge in [0.25, 0.3) is 0 Å². The maximum Gasteiger partial charge on any atom is 0.227 e. The highest BCUT2D eigenvalue weighted by Gasteiger charge is 2.37. The molecule has 114 valence electrons. The quantitative estimate of drug-likeness (QED) is 0.917. The fraction of sp³-hybridized carbons (Fsp3) is 0.875. The highest BCUT2D eigenvalue weighted by Crippen LogP contribution is 2.36. The molecule has 1 heterocycles. The molecule has 0 aromatic carbocycles. The van der Waals surface area contributed by atoms with Gasteiger partial charge in [0.05, 0.1) is 5.54 Å².